The van der Waals surface area contributed by atoms with Crippen molar-refractivity contribution in [1.82, 2.24) is 5.48 Å². The van der Waals surface area contributed by atoms with Crippen molar-refractivity contribution in [2.24, 2.45) is 0 Å². The van der Waals surface area contributed by atoms with Crippen LogP contribution < -0.4 is 10.9 Å². The second-order valence-corrected chi connectivity index (χ2v) is 1.05. The van der Waals surface area contributed by atoms with Crippen molar-refractivity contribution in [3.63, 3.8) is 0 Å². The number of rotatable bonds is 4. The van der Waals surface area contributed by atoms with Crippen molar-refractivity contribution in [3.05, 3.63) is 5.21 Å². The Morgan fingerprint density at radius 2 is 2.38 bits per heavy atom. The van der Waals surface area contributed by atoms with E-state index >= 15 is 0 Å². The van der Waals surface area contributed by atoms with E-state index in [4.69, 9.17) is 0 Å². The highest BCUT2D eigenvalue weighted by molar-refractivity contribution is 4.07. The van der Waals surface area contributed by atoms with Gasteiger partial charge in [0.05, 0.1) is 7.11 Å². The molecule has 0 rings (SSSR count). The Labute approximate surface area is 47.6 Å². The van der Waals surface area contributed by atoms with Crippen LogP contribution in [0.5, 0.6) is 0 Å². The van der Waals surface area contributed by atoms with Crippen LogP contribution in [-0.4, -0.2) is 13.7 Å². The third-order valence-electron chi connectivity index (χ3n) is 0.467. The zero-order valence-corrected chi connectivity index (χ0v) is 4.93. The van der Waals surface area contributed by atoms with Crippen LogP contribution in [0.3, 0.4) is 0 Å². The summed E-state index contributed by atoms with van der Waals surface area (Å²) in [5, 5.41) is 9.35. The maximum Gasteiger partial charge on any atom is 0.1000 e. The quantitative estimate of drug-likeness (QED) is 0.440. The van der Waals surface area contributed by atoms with Crippen molar-refractivity contribution in [1.29, 1.82) is 0 Å². The van der Waals surface area contributed by atoms with Crippen LogP contribution in [0.15, 0.2) is 0 Å². The summed E-state index contributed by atoms with van der Waals surface area (Å²) in [7, 11) is 1.25. The summed E-state index contributed by atoms with van der Waals surface area (Å²) in [6, 6.07) is 0. The molecule has 50 valence electrons. The Bertz CT molecular complexity index is 51.8. The number of nitrogens with one attached hydrogen (secondary N) is 2. The van der Waals surface area contributed by atoms with E-state index in [9.17, 15) is 5.21 Å². The number of hydroxylamine groups is 1. The minimum atomic E-state index is -0.716. The van der Waals surface area contributed by atoms with Crippen molar-refractivity contribution in [2.45, 2.75) is 6.92 Å². The first-order valence-corrected chi connectivity index (χ1v) is 2.29. The van der Waals surface area contributed by atoms with Gasteiger partial charge in [-0.05, 0) is 0 Å². The van der Waals surface area contributed by atoms with Crippen molar-refractivity contribution >= 4 is 0 Å². The van der Waals surface area contributed by atoms with Gasteiger partial charge in [-0.1, -0.05) is 17.3 Å². The molecule has 0 amide bonds. The predicted molar refractivity (Wildman–Crippen MR) is 26.1 cm³/mol. The Hall–Kier alpha value is -0.200. The maximum atomic E-state index is 10.1. The molecule has 0 saturated carbocycles. The molecule has 0 radical (unpaired) electrons. The fraction of sp³-hybridized carbons (Fsp3) is 1.00. The SMILES string of the molecule is CCNO[NH+]([O-])OC. The topological polar surface area (TPSA) is 58.0 Å². The van der Waals surface area contributed by atoms with Crippen LogP contribution in [0.4, 0.5) is 0 Å². The molecular weight excluding hydrogens is 112 g/mol. The molecule has 0 aromatic carbocycles. The fourth-order valence-electron chi connectivity index (χ4n) is 0.173. The number of quaternary nitrogens is 1. The van der Waals surface area contributed by atoms with Crippen LogP contribution in [0.2, 0.25) is 0 Å². The average molecular weight is 122 g/mol. The van der Waals surface area contributed by atoms with Gasteiger partial charge in [0.2, 0.25) is 0 Å². The molecule has 0 saturated heterocycles. The van der Waals surface area contributed by atoms with Crippen LogP contribution in [0.1, 0.15) is 6.92 Å². The van der Waals surface area contributed by atoms with Crippen LogP contribution in [0, 0.1) is 5.21 Å². The van der Waals surface area contributed by atoms with Crippen molar-refractivity contribution in [2.75, 3.05) is 13.7 Å². The Balaban J connectivity index is 2.86. The first-order chi connectivity index (χ1) is 3.81. The molecule has 0 fully saturated rings. The molecule has 8 heavy (non-hydrogen) atoms. The third-order valence-corrected chi connectivity index (χ3v) is 0.467. The lowest BCUT2D eigenvalue weighted by Crippen LogP contribution is -3.06. The van der Waals surface area contributed by atoms with Crippen LogP contribution >= 0.6 is 0 Å². The first-order valence-electron chi connectivity index (χ1n) is 2.29. The van der Waals surface area contributed by atoms with Crippen LogP contribution in [0.25, 0.3) is 0 Å². The van der Waals surface area contributed by atoms with E-state index in [1.807, 2.05) is 6.92 Å². The lowest BCUT2D eigenvalue weighted by Gasteiger charge is -2.12. The lowest BCUT2D eigenvalue weighted by atomic mass is 10.8. The number of hydrogen-bond donors (Lipinski definition) is 2. The molecule has 0 aliphatic heterocycles. The summed E-state index contributed by atoms with van der Waals surface area (Å²) in [6.45, 7) is 2.39. The van der Waals surface area contributed by atoms with E-state index in [-0.39, 0.29) is 0 Å². The van der Waals surface area contributed by atoms with Gasteiger partial charge in [-0.3, -0.25) is 0 Å². The standard InChI is InChI=1S/C3H10N2O3/c1-3-4-8-5(6)7-2/h4-5H,3H2,1-2H3. The molecule has 0 aliphatic carbocycles. The summed E-state index contributed by atoms with van der Waals surface area (Å²) in [5.41, 5.74) is 2.32. The van der Waals surface area contributed by atoms with E-state index in [1.165, 1.54) is 7.11 Å². The van der Waals surface area contributed by atoms with E-state index < -0.39 is 5.39 Å². The molecular formula is C3H10N2O3. The van der Waals surface area contributed by atoms with Gasteiger partial charge >= 0.3 is 0 Å². The van der Waals surface area contributed by atoms with E-state index in [0.29, 0.717) is 6.54 Å². The molecule has 1 atom stereocenters. The van der Waals surface area contributed by atoms with Gasteiger partial charge in [-0.2, -0.15) is 4.84 Å². The Morgan fingerprint density at radius 3 is 2.75 bits per heavy atom. The summed E-state index contributed by atoms with van der Waals surface area (Å²) in [6.07, 6.45) is 0. The predicted octanol–water partition coefficient (Wildman–Crippen LogP) is -1.61. The van der Waals surface area contributed by atoms with Gasteiger partial charge in [0.1, 0.15) is 0 Å². The molecule has 5 nitrogen and oxygen atoms in total. The molecule has 0 aromatic heterocycles. The highest BCUT2D eigenvalue weighted by Gasteiger charge is 1.88. The highest BCUT2D eigenvalue weighted by atomic mass is 17.2. The highest BCUT2D eigenvalue weighted by Crippen LogP contribution is 1.47. The number of hydrogen-bond acceptors (Lipinski definition) is 4. The largest absolute Gasteiger partial charge is 0.564 e. The zero-order valence-electron chi connectivity index (χ0n) is 4.93. The van der Waals surface area contributed by atoms with E-state index in [0.717, 1.165) is 0 Å². The molecule has 2 N–H and O–H groups in total. The minimum Gasteiger partial charge on any atom is -0.564 e. The van der Waals surface area contributed by atoms with E-state index in [2.05, 4.69) is 15.3 Å². The Kier molecular flexibility index (Phi) is 4.82. The minimum absolute atomic E-state index is 0.578. The second-order valence-electron chi connectivity index (χ2n) is 1.05. The first kappa shape index (κ1) is 7.80. The zero-order chi connectivity index (χ0) is 6.41. The van der Waals surface area contributed by atoms with Gasteiger partial charge in [0, 0.05) is 6.54 Å². The van der Waals surface area contributed by atoms with Gasteiger partial charge in [0.15, 0.2) is 0 Å². The molecule has 5 heteroatoms. The summed E-state index contributed by atoms with van der Waals surface area (Å²) in [5.74, 6) is 0. The lowest BCUT2D eigenvalue weighted by molar-refractivity contribution is -1.21. The summed E-state index contributed by atoms with van der Waals surface area (Å²) >= 11 is 0. The molecule has 0 spiro atoms. The summed E-state index contributed by atoms with van der Waals surface area (Å²) in [4.78, 5) is 8.36. The van der Waals surface area contributed by atoms with Gasteiger partial charge in [-0.25, -0.2) is 0 Å². The van der Waals surface area contributed by atoms with Crippen LogP contribution in [-0.2, 0) is 9.78 Å². The molecule has 1 unspecified atom stereocenters. The molecule has 0 heterocycles. The fourth-order valence-corrected chi connectivity index (χ4v) is 0.173. The van der Waals surface area contributed by atoms with Gasteiger partial charge < -0.3 is 5.21 Å². The van der Waals surface area contributed by atoms with Crippen molar-refractivity contribution in [3.8, 4) is 0 Å². The van der Waals surface area contributed by atoms with Gasteiger partial charge in [0.25, 0.3) is 0 Å². The molecule has 0 aliphatic rings. The monoisotopic (exact) mass is 122 g/mol. The smallest absolute Gasteiger partial charge is 0.1000 e. The van der Waals surface area contributed by atoms with Crippen molar-refractivity contribution < 1.29 is 15.2 Å². The average Bonchev–Trinajstić information content (AvgIpc) is 1.83. The second kappa shape index (κ2) is 4.95. The summed E-state index contributed by atoms with van der Waals surface area (Å²) < 4.78 is 0. The Morgan fingerprint density at radius 1 is 1.75 bits per heavy atom. The van der Waals surface area contributed by atoms with Gasteiger partial charge in [-0.15, -0.1) is 5.48 Å². The molecule has 0 bridgehead atoms. The third kappa shape index (κ3) is 3.97. The molecule has 0 aromatic rings. The van der Waals surface area contributed by atoms with E-state index in [1.54, 1.807) is 0 Å². The normalized spacial score (nSPS) is 13.9. The maximum absolute atomic E-state index is 10.1.